The summed E-state index contributed by atoms with van der Waals surface area (Å²) in [4.78, 5) is 28.8. The summed E-state index contributed by atoms with van der Waals surface area (Å²) >= 11 is 0. The molecule has 0 aliphatic rings. The van der Waals surface area contributed by atoms with Crippen LogP contribution in [0, 0.1) is 0 Å². The molecule has 2 N–H and O–H groups in total. The predicted molar refractivity (Wildman–Crippen MR) is 70.2 cm³/mol. The Morgan fingerprint density at radius 2 is 1.95 bits per heavy atom. The predicted octanol–water partition coefficient (Wildman–Crippen LogP) is 0.680. The highest BCUT2D eigenvalue weighted by atomic mass is 31.2. The molecule has 0 spiro atoms. The van der Waals surface area contributed by atoms with E-state index in [-0.39, 0.29) is 13.0 Å². The van der Waals surface area contributed by atoms with Crippen molar-refractivity contribution in [1.29, 1.82) is 0 Å². The average molecular weight is 296 g/mol. The first-order chi connectivity index (χ1) is 8.53. The van der Waals surface area contributed by atoms with Crippen LogP contribution in [0.5, 0.6) is 0 Å². The van der Waals surface area contributed by atoms with E-state index in [1.165, 1.54) is 6.08 Å². The van der Waals surface area contributed by atoms with Crippen LogP contribution in [0.3, 0.4) is 0 Å². The number of hydrogen-bond acceptors (Lipinski definition) is 4. The standard InChI is InChI=1S/C11H22NO6P/c1-5-6-11(13)17-8-7-10(9-12(2,3)4)18-19(14,15)16/h5-6,10H,7-9H2,1-4H3,(H-,14,15,16)/p+1/b6-5+. The van der Waals surface area contributed by atoms with Crippen LogP contribution in [-0.4, -0.2) is 60.6 Å². The Hall–Kier alpha value is -0.720. The number of allylic oxidation sites excluding steroid dienone is 1. The Morgan fingerprint density at radius 1 is 1.37 bits per heavy atom. The highest BCUT2D eigenvalue weighted by Crippen LogP contribution is 2.38. The fraction of sp³-hybridized carbons (Fsp3) is 0.727. The van der Waals surface area contributed by atoms with Crippen LogP contribution in [0.1, 0.15) is 13.3 Å². The molecule has 0 saturated carbocycles. The van der Waals surface area contributed by atoms with Gasteiger partial charge in [-0.1, -0.05) is 6.08 Å². The van der Waals surface area contributed by atoms with Gasteiger partial charge >= 0.3 is 13.8 Å². The third-order valence-corrected chi connectivity index (χ3v) is 2.60. The maximum absolute atomic E-state index is 11.1. The third-order valence-electron chi connectivity index (χ3n) is 2.02. The Bertz CT molecular complexity index is 357. The summed E-state index contributed by atoms with van der Waals surface area (Å²) in [6.45, 7) is 2.14. The molecule has 7 nitrogen and oxygen atoms in total. The molecule has 0 saturated heterocycles. The second-order valence-electron chi connectivity index (χ2n) is 5.15. The molecule has 0 heterocycles. The first kappa shape index (κ1) is 18.3. The molecule has 8 heteroatoms. The lowest BCUT2D eigenvalue weighted by atomic mass is 10.2. The maximum Gasteiger partial charge on any atom is 0.470 e. The fourth-order valence-electron chi connectivity index (χ4n) is 1.46. The van der Waals surface area contributed by atoms with Crippen molar-refractivity contribution in [3.63, 3.8) is 0 Å². The SMILES string of the molecule is C/C=C/C(=O)OCCC(C[N+](C)(C)C)OP(=O)(O)O. The van der Waals surface area contributed by atoms with Gasteiger partial charge in [0.25, 0.3) is 0 Å². The van der Waals surface area contributed by atoms with Crippen LogP contribution in [0.4, 0.5) is 0 Å². The maximum atomic E-state index is 11.1. The Morgan fingerprint density at radius 3 is 2.37 bits per heavy atom. The number of phosphoric acid groups is 1. The molecule has 19 heavy (non-hydrogen) atoms. The second kappa shape index (κ2) is 7.77. The molecular formula is C11H23NO6P+. The third kappa shape index (κ3) is 12.1. The van der Waals surface area contributed by atoms with Gasteiger partial charge in [-0.05, 0) is 6.92 Å². The molecule has 0 bridgehead atoms. The molecule has 0 aliphatic carbocycles. The van der Waals surface area contributed by atoms with E-state index in [9.17, 15) is 9.36 Å². The lowest BCUT2D eigenvalue weighted by Gasteiger charge is -2.29. The number of phosphoric ester groups is 1. The summed E-state index contributed by atoms with van der Waals surface area (Å²) in [6.07, 6.45) is 2.37. The zero-order valence-corrected chi connectivity index (χ0v) is 12.7. The topological polar surface area (TPSA) is 93.1 Å². The fourth-order valence-corrected chi connectivity index (χ4v) is 2.02. The van der Waals surface area contributed by atoms with Crippen LogP contribution >= 0.6 is 7.82 Å². The van der Waals surface area contributed by atoms with Crippen molar-refractivity contribution < 1.29 is 32.9 Å². The van der Waals surface area contributed by atoms with Crippen molar-refractivity contribution >= 4 is 13.8 Å². The summed E-state index contributed by atoms with van der Waals surface area (Å²) in [7, 11) is 1.08. The van der Waals surface area contributed by atoms with E-state index >= 15 is 0 Å². The summed E-state index contributed by atoms with van der Waals surface area (Å²) in [5.74, 6) is -0.484. The molecule has 112 valence electrons. The minimum atomic E-state index is -4.55. The van der Waals surface area contributed by atoms with Gasteiger partial charge in [0.15, 0.2) is 0 Å². The highest BCUT2D eigenvalue weighted by molar-refractivity contribution is 7.46. The van der Waals surface area contributed by atoms with Gasteiger partial charge < -0.3 is 19.0 Å². The van der Waals surface area contributed by atoms with E-state index in [0.29, 0.717) is 11.0 Å². The quantitative estimate of drug-likeness (QED) is 0.296. The van der Waals surface area contributed by atoms with Crippen LogP contribution in [0.15, 0.2) is 12.2 Å². The van der Waals surface area contributed by atoms with Crippen molar-refractivity contribution in [2.75, 3.05) is 34.3 Å². The lowest BCUT2D eigenvalue weighted by Crippen LogP contribution is -2.42. The van der Waals surface area contributed by atoms with Gasteiger partial charge in [-0.3, -0.25) is 4.52 Å². The van der Waals surface area contributed by atoms with Crippen molar-refractivity contribution in [2.24, 2.45) is 0 Å². The number of rotatable bonds is 8. The van der Waals surface area contributed by atoms with Crippen molar-refractivity contribution in [2.45, 2.75) is 19.4 Å². The number of quaternary nitrogens is 1. The van der Waals surface area contributed by atoms with Crippen LogP contribution in [0.25, 0.3) is 0 Å². The van der Waals surface area contributed by atoms with Gasteiger partial charge in [0.1, 0.15) is 12.6 Å². The molecule has 0 amide bonds. The monoisotopic (exact) mass is 296 g/mol. The molecule has 0 radical (unpaired) electrons. The van der Waals surface area contributed by atoms with E-state index in [1.807, 2.05) is 21.1 Å². The molecule has 1 atom stereocenters. The molecule has 0 rings (SSSR count). The number of carbonyl (C=O) groups is 1. The van der Waals surface area contributed by atoms with Crippen molar-refractivity contribution in [3.8, 4) is 0 Å². The summed E-state index contributed by atoms with van der Waals surface area (Å²) in [5, 5.41) is 0. The van der Waals surface area contributed by atoms with Gasteiger partial charge in [-0.15, -0.1) is 0 Å². The normalized spacial score (nSPS) is 14.6. The van der Waals surface area contributed by atoms with Gasteiger partial charge in [0.05, 0.1) is 27.7 Å². The zero-order valence-electron chi connectivity index (χ0n) is 11.8. The van der Waals surface area contributed by atoms with E-state index < -0.39 is 19.9 Å². The minimum absolute atomic E-state index is 0.0494. The van der Waals surface area contributed by atoms with Crippen LogP contribution < -0.4 is 0 Å². The van der Waals surface area contributed by atoms with E-state index in [4.69, 9.17) is 19.0 Å². The molecule has 0 aromatic rings. The zero-order chi connectivity index (χ0) is 15.1. The van der Waals surface area contributed by atoms with Gasteiger partial charge in [-0.25, -0.2) is 9.36 Å². The number of esters is 1. The molecule has 0 aromatic heterocycles. The average Bonchev–Trinajstić information content (AvgIpc) is 2.12. The van der Waals surface area contributed by atoms with E-state index in [1.54, 1.807) is 13.0 Å². The Labute approximate surface area is 113 Å². The minimum Gasteiger partial charge on any atom is -0.462 e. The number of hydrogen-bond donors (Lipinski definition) is 2. The largest absolute Gasteiger partial charge is 0.470 e. The van der Waals surface area contributed by atoms with Crippen molar-refractivity contribution in [1.82, 2.24) is 0 Å². The first-order valence-electron chi connectivity index (χ1n) is 5.87. The molecule has 1 unspecified atom stereocenters. The summed E-state index contributed by atoms with van der Waals surface area (Å²) < 4.78 is 20.9. The molecule has 0 fully saturated rings. The number of likely N-dealkylation sites (N-methyl/N-ethyl adjacent to an activating group) is 1. The Kier molecular flexibility index (Phi) is 7.47. The van der Waals surface area contributed by atoms with Gasteiger partial charge in [-0.2, -0.15) is 0 Å². The van der Waals surface area contributed by atoms with Gasteiger partial charge in [0, 0.05) is 12.5 Å². The van der Waals surface area contributed by atoms with Crippen LogP contribution in [0.2, 0.25) is 0 Å². The molecule has 0 aliphatic heterocycles. The molecular weight excluding hydrogens is 273 g/mol. The van der Waals surface area contributed by atoms with E-state index in [2.05, 4.69) is 0 Å². The number of nitrogens with zero attached hydrogens (tertiary/aromatic N) is 1. The smallest absolute Gasteiger partial charge is 0.462 e. The summed E-state index contributed by atoms with van der Waals surface area (Å²) in [6, 6.07) is 0. The van der Waals surface area contributed by atoms with E-state index in [0.717, 1.165) is 0 Å². The first-order valence-corrected chi connectivity index (χ1v) is 7.40. The van der Waals surface area contributed by atoms with Gasteiger partial charge in [0.2, 0.25) is 0 Å². The lowest BCUT2D eigenvalue weighted by molar-refractivity contribution is -0.873. The van der Waals surface area contributed by atoms with Crippen molar-refractivity contribution in [3.05, 3.63) is 12.2 Å². The molecule has 0 aromatic carbocycles. The summed E-state index contributed by atoms with van der Waals surface area (Å²) in [5.41, 5.74) is 0. The number of ether oxygens (including phenoxy) is 1. The highest BCUT2D eigenvalue weighted by Gasteiger charge is 2.27. The Balaban J connectivity index is 4.35. The second-order valence-corrected chi connectivity index (χ2v) is 6.34. The van der Waals surface area contributed by atoms with Crippen LogP contribution in [-0.2, 0) is 18.6 Å². The number of carbonyl (C=O) groups excluding carboxylic acids is 1.